The van der Waals surface area contributed by atoms with Crippen LogP contribution in [-0.4, -0.2) is 25.1 Å². The third-order valence-corrected chi connectivity index (χ3v) is 5.10. The Morgan fingerprint density at radius 1 is 0.938 bits per heavy atom. The minimum atomic E-state index is -0.374. The Bertz CT molecular complexity index is 1320. The van der Waals surface area contributed by atoms with Gasteiger partial charge in [-0.1, -0.05) is 12.1 Å². The Labute approximate surface area is 183 Å². The molecule has 1 aromatic heterocycles. The van der Waals surface area contributed by atoms with Crippen LogP contribution < -0.4 is 19.5 Å². The predicted octanol–water partition coefficient (Wildman–Crippen LogP) is 5.04. The van der Waals surface area contributed by atoms with Crippen molar-refractivity contribution < 1.29 is 28.2 Å². The van der Waals surface area contributed by atoms with Crippen LogP contribution in [0.4, 0.5) is 5.69 Å². The third-order valence-electron chi connectivity index (χ3n) is 5.10. The molecule has 0 bridgehead atoms. The fourth-order valence-corrected chi connectivity index (χ4v) is 3.55. The number of furan rings is 1. The van der Waals surface area contributed by atoms with E-state index < -0.39 is 0 Å². The van der Waals surface area contributed by atoms with Crippen LogP contribution in [0, 0.1) is 0 Å². The first-order valence-corrected chi connectivity index (χ1v) is 10.1. The fourth-order valence-electron chi connectivity index (χ4n) is 3.55. The van der Waals surface area contributed by atoms with Crippen molar-refractivity contribution in [3.05, 3.63) is 83.6 Å². The Hall–Kier alpha value is -4.26. The van der Waals surface area contributed by atoms with Crippen molar-refractivity contribution in [1.82, 2.24) is 0 Å². The summed E-state index contributed by atoms with van der Waals surface area (Å²) >= 11 is 0. The van der Waals surface area contributed by atoms with Gasteiger partial charge in [-0.3, -0.25) is 9.59 Å². The molecule has 5 rings (SSSR count). The molecule has 7 heteroatoms. The van der Waals surface area contributed by atoms with Crippen molar-refractivity contribution in [3.63, 3.8) is 0 Å². The number of nitrogens with one attached hydrogen (secondary N) is 1. The minimum absolute atomic E-state index is 0.0457. The summed E-state index contributed by atoms with van der Waals surface area (Å²) in [5.74, 6) is 1.06. The monoisotopic (exact) mass is 429 g/mol. The van der Waals surface area contributed by atoms with Crippen molar-refractivity contribution in [3.8, 4) is 17.2 Å². The number of hydrogen-bond donors (Lipinski definition) is 1. The highest BCUT2D eigenvalue weighted by Gasteiger charge is 2.25. The van der Waals surface area contributed by atoms with E-state index >= 15 is 0 Å². The number of ether oxygens (including phenoxy) is 3. The zero-order chi connectivity index (χ0) is 22.1. The molecule has 0 spiro atoms. The van der Waals surface area contributed by atoms with Gasteiger partial charge in [0, 0.05) is 16.5 Å². The molecule has 32 heavy (non-hydrogen) atoms. The zero-order valence-electron chi connectivity index (χ0n) is 17.2. The maximum atomic E-state index is 13.3. The molecule has 4 aromatic rings. The quantitative estimate of drug-likeness (QED) is 0.432. The van der Waals surface area contributed by atoms with E-state index in [9.17, 15) is 9.59 Å². The molecular weight excluding hydrogens is 410 g/mol. The number of hydrogen-bond acceptors (Lipinski definition) is 6. The van der Waals surface area contributed by atoms with Crippen LogP contribution in [0.5, 0.6) is 17.2 Å². The van der Waals surface area contributed by atoms with Gasteiger partial charge >= 0.3 is 0 Å². The van der Waals surface area contributed by atoms with Gasteiger partial charge in [-0.05, 0) is 61.5 Å². The summed E-state index contributed by atoms with van der Waals surface area (Å²) in [4.78, 5) is 26.3. The van der Waals surface area contributed by atoms with Crippen LogP contribution in [0.25, 0.3) is 11.0 Å². The molecule has 0 fully saturated rings. The molecule has 0 saturated heterocycles. The molecular formula is C25H19NO6. The van der Waals surface area contributed by atoms with Crippen molar-refractivity contribution in [2.24, 2.45) is 0 Å². The number of ketones is 1. The van der Waals surface area contributed by atoms with E-state index in [2.05, 4.69) is 5.32 Å². The van der Waals surface area contributed by atoms with Gasteiger partial charge in [0.25, 0.3) is 5.91 Å². The highest BCUT2D eigenvalue weighted by Crippen LogP contribution is 2.36. The van der Waals surface area contributed by atoms with E-state index in [0.717, 1.165) is 0 Å². The molecule has 0 unspecified atom stereocenters. The topological polar surface area (TPSA) is 87.0 Å². The maximum absolute atomic E-state index is 13.3. The summed E-state index contributed by atoms with van der Waals surface area (Å²) in [5, 5.41) is 3.49. The molecule has 7 nitrogen and oxygen atoms in total. The number of para-hydroxylation sites is 1. The van der Waals surface area contributed by atoms with E-state index in [1.165, 1.54) is 0 Å². The summed E-state index contributed by atoms with van der Waals surface area (Å²) in [7, 11) is 0. The minimum Gasteiger partial charge on any atom is -0.494 e. The average molecular weight is 429 g/mol. The van der Waals surface area contributed by atoms with E-state index in [0.29, 0.717) is 51.6 Å². The number of fused-ring (bicyclic) bond motifs is 2. The Morgan fingerprint density at radius 2 is 1.69 bits per heavy atom. The molecule has 0 aliphatic carbocycles. The Morgan fingerprint density at radius 3 is 2.50 bits per heavy atom. The van der Waals surface area contributed by atoms with Crippen molar-refractivity contribution in [2.75, 3.05) is 18.7 Å². The van der Waals surface area contributed by atoms with Crippen LogP contribution in [0.1, 0.15) is 33.4 Å². The van der Waals surface area contributed by atoms with E-state index in [-0.39, 0.29) is 24.2 Å². The molecule has 2 heterocycles. The van der Waals surface area contributed by atoms with Crippen LogP contribution in [0.2, 0.25) is 0 Å². The maximum Gasteiger partial charge on any atom is 0.255 e. The summed E-state index contributed by atoms with van der Waals surface area (Å²) in [5.41, 5.74) is 1.62. The molecule has 1 aliphatic heterocycles. The number of amides is 1. The van der Waals surface area contributed by atoms with Gasteiger partial charge in [-0.2, -0.15) is 0 Å². The lowest BCUT2D eigenvalue weighted by atomic mass is 10.1. The molecule has 0 radical (unpaired) electrons. The molecule has 0 atom stereocenters. The molecule has 1 aliphatic rings. The van der Waals surface area contributed by atoms with Gasteiger partial charge in [0.15, 0.2) is 17.3 Å². The van der Waals surface area contributed by atoms with E-state index in [1.54, 1.807) is 60.7 Å². The van der Waals surface area contributed by atoms with Gasteiger partial charge in [0.05, 0.1) is 12.3 Å². The van der Waals surface area contributed by atoms with Gasteiger partial charge < -0.3 is 23.9 Å². The van der Waals surface area contributed by atoms with Gasteiger partial charge in [-0.15, -0.1) is 0 Å². The lowest BCUT2D eigenvalue weighted by molar-refractivity contribution is 0.101. The SMILES string of the molecule is CCOc1ccc(C(=O)Nc2c(C(=O)c3ccc4c(c3)OCO4)oc3ccccc23)cc1. The zero-order valence-corrected chi connectivity index (χ0v) is 17.2. The molecule has 160 valence electrons. The lowest BCUT2D eigenvalue weighted by Crippen LogP contribution is -2.14. The number of rotatable bonds is 6. The van der Waals surface area contributed by atoms with Crippen molar-refractivity contribution >= 4 is 28.3 Å². The smallest absolute Gasteiger partial charge is 0.255 e. The van der Waals surface area contributed by atoms with Crippen LogP contribution in [-0.2, 0) is 0 Å². The largest absolute Gasteiger partial charge is 0.494 e. The second kappa shape index (κ2) is 8.11. The molecule has 1 N–H and O–H groups in total. The van der Waals surface area contributed by atoms with E-state index in [1.807, 2.05) is 13.0 Å². The summed E-state index contributed by atoms with van der Waals surface area (Å²) in [6, 6.07) is 18.9. The highest BCUT2D eigenvalue weighted by molar-refractivity contribution is 6.19. The van der Waals surface area contributed by atoms with Crippen LogP contribution in [0.15, 0.2) is 71.1 Å². The third kappa shape index (κ3) is 3.54. The predicted molar refractivity (Wildman–Crippen MR) is 118 cm³/mol. The highest BCUT2D eigenvalue weighted by atomic mass is 16.7. The number of anilines is 1. The normalized spacial score (nSPS) is 12.0. The van der Waals surface area contributed by atoms with E-state index in [4.69, 9.17) is 18.6 Å². The van der Waals surface area contributed by atoms with Crippen molar-refractivity contribution in [1.29, 1.82) is 0 Å². The summed E-state index contributed by atoms with van der Waals surface area (Å²) in [6.45, 7) is 2.54. The Balaban J connectivity index is 1.50. The molecule has 3 aromatic carbocycles. The lowest BCUT2D eigenvalue weighted by Gasteiger charge is -2.08. The van der Waals surface area contributed by atoms with Gasteiger partial charge in [-0.25, -0.2) is 0 Å². The first-order valence-electron chi connectivity index (χ1n) is 10.1. The Kier molecular flexibility index (Phi) is 4.99. The second-order valence-corrected chi connectivity index (χ2v) is 7.11. The molecule has 0 saturated carbocycles. The average Bonchev–Trinajstić information content (AvgIpc) is 3.43. The first-order chi connectivity index (χ1) is 15.6. The summed E-state index contributed by atoms with van der Waals surface area (Å²) in [6.07, 6.45) is 0. The second-order valence-electron chi connectivity index (χ2n) is 7.11. The summed E-state index contributed by atoms with van der Waals surface area (Å²) < 4.78 is 22.0. The standard InChI is InChI=1S/C25H19NO6/c1-2-29-17-10-7-15(8-11-17)25(28)26-22-18-5-3-4-6-19(18)32-24(22)23(27)16-9-12-20-21(13-16)31-14-30-20/h3-13H,2,14H2,1H3,(H,26,28). The first kappa shape index (κ1) is 19.7. The van der Waals surface area contributed by atoms with Gasteiger partial charge in [0.2, 0.25) is 12.6 Å². The number of carbonyl (C=O) groups is 2. The van der Waals surface area contributed by atoms with Crippen molar-refractivity contribution in [2.45, 2.75) is 6.92 Å². The van der Waals surface area contributed by atoms with Gasteiger partial charge in [0.1, 0.15) is 11.3 Å². The number of carbonyl (C=O) groups excluding carboxylic acids is 2. The van der Waals surface area contributed by atoms with Crippen LogP contribution in [0.3, 0.4) is 0 Å². The fraction of sp³-hybridized carbons (Fsp3) is 0.120. The van der Waals surface area contributed by atoms with Crippen LogP contribution >= 0.6 is 0 Å². The molecule has 1 amide bonds. The number of benzene rings is 3.